The predicted molar refractivity (Wildman–Crippen MR) is 99.4 cm³/mol. The maximum absolute atomic E-state index is 12.4. The van der Waals surface area contributed by atoms with Gasteiger partial charge in [-0.05, 0) is 39.2 Å². The lowest BCUT2D eigenvalue weighted by molar-refractivity contribution is -0.131. The molecule has 1 aromatic rings. The SMILES string of the molecule is Cc1ncc(CN2CCC[C@]3(CCC(=O)N3CCS(C)(=O)=O)CC2)s1. The first-order chi connectivity index (χ1) is 11.8. The molecule has 2 fully saturated rings. The van der Waals surface area contributed by atoms with Gasteiger partial charge in [0.2, 0.25) is 5.91 Å². The van der Waals surface area contributed by atoms with Crippen LogP contribution in [-0.2, 0) is 21.2 Å². The fourth-order valence-electron chi connectivity index (χ4n) is 4.10. The summed E-state index contributed by atoms with van der Waals surface area (Å²) in [5, 5.41) is 1.09. The summed E-state index contributed by atoms with van der Waals surface area (Å²) in [6, 6.07) is 0. The Kier molecular flexibility index (Phi) is 5.51. The van der Waals surface area contributed by atoms with Gasteiger partial charge in [0.15, 0.2) is 0 Å². The Morgan fingerprint density at radius 2 is 2.08 bits per heavy atom. The monoisotopic (exact) mass is 385 g/mol. The van der Waals surface area contributed by atoms with E-state index < -0.39 is 9.84 Å². The molecule has 1 aromatic heterocycles. The van der Waals surface area contributed by atoms with E-state index in [1.165, 1.54) is 11.1 Å². The lowest BCUT2D eigenvalue weighted by Crippen LogP contribution is -2.48. The maximum atomic E-state index is 12.4. The molecule has 0 saturated carbocycles. The number of hydrogen-bond donors (Lipinski definition) is 0. The average molecular weight is 386 g/mol. The summed E-state index contributed by atoms with van der Waals surface area (Å²) in [5.41, 5.74) is -0.139. The van der Waals surface area contributed by atoms with Crippen LogP contribution in [0.1, 0.15) is 42.0 Å². The number of aromatic nitrogens is 1. The number of thiazole rings is 1. The Morgan fingerprint density at radius 1 is 1.28 bits per heavy atom. The van der Waals surface area contributed by atoms with Crippen molar-refractivity contribution in [2.24, 2.45) is 0 Å². The van der Waals surface area contributed by atoms with Gasteiger partial charge in [0.25, 0.3) is 0 Å². The van der Waals surface area contributed by atoms with Crippen molar-refractivity contribution in [3.05, 3.63) is 16.1 Å². The van der Waals surface area contributed by atoms with Crippen molar-refractivity contribution in [3.63, 3.8) is 0 Å². The Hall–Kier alpha value is -0.990. The van der Waals surface area contributed by atoms with E-state index in [0.717, 1.165) is 50.3 Å². The fourth-order valence-corrected chi connectivity index (χ4v) is 5.46. The third-order valence-electron chi connectivity index (χ3n) is 5.42. The summed E-state index contributed by atoms with van der Waals surface area (Å²) in [7, 11) is -3.06. The van der Waals surface area contributed by atoms with Crippen LogP contribution < -0.4 is 0 Å². The van der Waals surface area contributed by atoms with E-state index in [9.17, 15) is 13.2 Å². The normalized spacial score (nSPS) is 25.7. The molecule has 1 spiro atoms. The molecular formula is C17H27N3O3S2. The number of likely N-dealkylation sites (tertiary alicyclic amines) is 2. The number of rotatable bonds is 5. The predicted octanol–water partition coefficient (Wildman–Crippen LogP) is 1.84. The minimum Gasteiger partial charge on any atom is -0.336 e. The molecule has 0 N–H and O–H groups in total. The van der Waals surface area contributed by atoms with Crippen molar-refractivity contribution in [1.29, 1.82) is 0 Å². The molecule has 2 aliphatic rings. The zero-order valence-electron chi connectivity index (χ0n) is 15.0. The Balaban J connectivity index is 1.66. The molecule has 140 valence electrons. The van der Waals surface area contributed by atoms with Gasteiger partial charge in [-0.25, -0.2) is 13.4 Å². The summed E-state index contributed by atoms with van der Waals surface area (Å²) < 4.78 is 23.1. The number of carbonyl (C=O) groups excluding carboxylic acids is 1. The summed E-state index contributed by atoms with van der Waals surface area (Å²) in [6.45, 7) is 5.24. The quantitative estimate of drug-likeness (QED) is 0.773. The second kappa shape index (κ2) is 7.32. The summed E-state index contributed by atoms with van der Waals surface area (Å²) in [4.78, 5) is 22.3. The second-order valence-corrected chi connectivity index (χ2v) is 11.0. The van der Waals surface area contributed by atoms with Gasteiger partial charge in [0, 0.05) is 48.9 Å². The largest absolute Gasteiger partial charge is 0.336 e. The second-order valence-electron chi connectivity index (χ2n) is 7.37. The molecule has 0 aliphatic carbocycles. The zero-order chi connectivity index (χ0) is 18.1. The minimum atomic E-state index is -3.06. The van der Waals surface area contributed by atoms with Gasteiger partial charge in [-0.2, -0.15) is 0 Å². The molecule has 2 saturated heterocycles. The van der Waals surface area contributed by atoms with Crippen molar-refractivity contribution >= 4 is 27.1 Å². The number of carbonyl (C=O) groups is 1. The maximum Gasteiger partial charge on any atom is 0.223 e. The van der Waals surface area contributed by atoms with Crippen LogP contribution in [0.2, 0.25) is 0 Å². The number of nitrogens with zero attached hydrogens (tertiary/aromatic N) is 3. The molecule has 0 unspecified atom stereocenters. The summed E-state index contributed by atoms with van der Waals surface area (Å²) >= 11 is 1.74. The van der Waals surface area contributed by atoms with E-state index in [4.69, 9.17) is 0 Å². The number of sulfone groups is 1. The highest BCUT2D eigenvalue weighted by Gasteiger charge is 2.45. The highest BCUT2D eigenvalue weighted by molar-refractivity contribution is 7.90. The Bertz CT molecular complexity index is 731. The highest BCUT2D eigenvalue weighted by Crippen LogP contribution is 2.39. The van der Waals surface area contributed by atoms with Crippen molar-refractivity contribution in [2.45, 2.75) is 51.1 Å². The van der Waals surface area contributed by atoms with Gasteiger partial charge in [0.1, 0.15) is 9.84 Å². The molecule has 0 radical (unpaired) electrons. The van der Waals surface area contributed by atoms with E-state index in [1.807, 2.05) is 18.0 Å². The molecule has 3 heterocycles. The topological polar surface area (TPSA) is 70.6 Å². The van der Waals surface area contributed by atoms with Gasteiger partial charge in [0.05, 0.1) is 10.8 Å². The molecule has 8 heteroatoms. The molecule has 1 atom stereocenters. The fraction of sp³-hybridized carbons (Fsp3) is 0.765. The van der Waals surface area contributed by atoms with Crippen molar-refractivity contribution in [1.82, 2.24) is 14.8 Å². The molecular weight excluding hydrogens is 358 g/mol. The van der Waals surface area contributed by atoms with Crippen molar-refractivity contribution in [2.75, 3.05) is 31.6 Å². The zero-order valence-corrected chi connectivity index (χ0v) is 16.7. The molecule has 6 nitrogen and oxygen atoms in total. The van der Waals surface area contributed by atoms with Gasteiger partial charge in [-0.1, -0.05) is 0 Å². The van der Waals surface area contributed by atoms with E-state index in [0.29, 0.717) is 13.0 Å². The van der Waals surface area contributed by atoms with Crippen molar-refractivity contribution < 1.29 is 13.2 Å². The van der Waals surface area contributed by atoms with Gasteiger partial charge in [-0.3, -0.25) is 9.69 Å². The first kappa shape index (κ1) is 18.8. The van der Waals surface area contributed by atoms with Crippen LogP contribution in [0.15, 0.2) is 6.20 Å². The lowest BCUT2D eigenvalue weighted by atomic mass is 9.88. The smallest absolute Gasteiger partial charge is 0.223 e. The van der Waals surface area contributed by atoms with Crippen molar-refractivity contribution in [3.8, 4) is 0 Å². The first-order valence-corrected chi connectivity index (χ1v) is 11.8. The molecule has 0 aromatic carbocycles. The third kappa shape index (κ3) is 4.60. The van der Waals surface area contributed by atoms with E-state index >= 15 is 0 Å². The highest BCUT2D eigenvalue weighted by atomic mass is 32.2. The van der Waals surface area contributed by atoms with Crippen LogP contribution in [0.5, 0.6) is 0 Å². The number of amides is 1. The van der Waals surface area contributed by atoms with E-state index in [1.54, 1.807) is 11.3 Å². The van der Waals surface area contributed by atoms with Crippen LogP contribution in [0, 0.1) is 6.92 Å². The third-order valence-corrected chi connectivity index (χ3v) is 7.24. The molecule has 2 aliphatic heterocycles. The molecule has 1 amide bonds. The number of hydrogen-bond acceptors (Lipinski definition) is 6. The Labute approximate surface area is 154 Å². The van der Waals surface area contributed by atoms with Crippen LogP contribution >= 0.6 is 11.3 Å². The van der Waals surface area contributed by atoms with Crippen LogP contribution in [0.25, 0.3) is 0 Å². The van der Waals surface area contributed by atoms with Gasteiger partial charge >= 0.3 is 0 Å². The van der Waals surface area contributed by atoms with E-state index in [-0.39, 0.29) is 17.2 Å². The molecule has 3 rings (SSSR count). The summed E-state index contributed by atoms with van der Waals surface area (Å²) in [5.74, 6) is 0.180. The lowest BCUT2D eigenvalue weighted by Gasteiger charge is -2.38. The first-order valence-electron chi connectivity index (χ1n) is 8.89. The van der Waals surface area contributed by atoms with Crippen LogP contribution in [-0.4, -0.2) is 66.3 Å². The molecule has 0 bridgehead atoms. The van der Waals surface area contributed by atoms with Crippen LogP contribution in [0.4, 0.5) is 0 Å². The van der Waals surface area contributed by atoms with Crippen LogP contribution in [0.3, 0.4) is 0 Å². The average Bonchev–Trinajstić information content (AvgIpc) is 2.98. The van der Waals surface area contributed by atoms with Gasteiger partial charge < -0.3 is 4.90 Å². The Morgan fingerprint density at radius 3 is 2.76 bits per heavy atom. The number of aryl methyl sites for hydroxylation is 1. The standard InChI is InChI=1S/C17H27N3O3S2/c1-14-18-12-15(24-14)13-19-8-3-5-17(7-9-19)6-4-16(21)20(17)10-11-25(2,22)23/h12H,3-11,13H2,1-2H3/t17-/m0/s1. The summed E-state index contributed by atoms with van der Waals surface area (Å²) in [6.07, 6.45) is 7.56. The molecule has 25 heavy (non-hydrogen) atoms. The van der Waals surface area contributed by atoms with E-state index in [2.05, 4.69) is 9.88 Å². The minimum absolute atomic E-state index is 0.0599. The van der Waals surface area contributed by atoms with Gasteiger partial charge in [-0.15, -0.1) is 11.3 Å².